The number of benzene rings is 1. The third kappa shape index (κ3) is 5.48. The van der Waals surface area contributed by atoms with Crippen LogP contribution in [0.1, 0.15) is 32.6 Å². The molecule has 23 heavy (non-hydrogen) atoms. The van der Waals surface area contributed by atoms with Crippen molar-refractivity contribution in [1.29, 1.82) is 0 Å². The van der Waals surface area contributed by atoms with E-state index in [0.717, 1.165) is 32.4 Å². The second-order valence-corrected chi connectivity index (χ2v) is 8.23. The molecule has 7 heteroatoms. The highest BCUT2D eigenvalue weighted by Crippen LogP contribution is 2.17. The van der Waals surface area contributed by atoms with Crippen molar-refractivity contribution in [2.45, 2.75) is 37.5 Å². The minimum atomic E-state index is -3.63. The van der Waals surface area contributed by atoms with Gasteiger partial charge in [0.25, 0.3) is 0 Å². The lowest BCUT2D eigenvalue weighted by atomic mass is 10.0. The first-order valence-corrected chi connectivity index (χ1v) is 9.77. The predicted molar refractivity (Wildman–Crippen MR) is 90.9 cm³/mol. The number of hydrogen-bond donors (Lipinski definition) is 1. The zero-order chi connectivity index (χ0) is 16.9. The Labute approximate surface area is 143 Å². The van der Waals surface area contributed by atoms with E-state index in [0.29, 0.717) is 10.9 Å². The quantitative estimate of drug-likeness (QED) is 0.879. The van der Waals surface area contributed by atoms with Gasteiger partial charge >= 0.3 is 0 Å². The van der Waals surface area contributed by atoms with Crippen molar-refractivity contribution in [3.8, 4) is 0 Å². The van der Waals surface area contributed by atoms with Crippen LogP contribution in [-0.4, -0.2) is 38.9 Å². The number of carbonyl (C=O) groups is 1. The van der Waals surface area contributed by atoms with Crippen LogP contribution < -0.4 is 4.72 Å². The van der Waals surface area contributed by atoms with Crippen molar-refractivity contribution in [2.24, 2.45) is 5.92 Å². The van der Waals surface area contributed by atoms with Crippen molar-refractivity contribution >= 4 is 27.5 Å². The van der Waals surface area contributed by atoms with Crippen LogP contribution >= 0.6 is 11.6 Å². The van der Waals surface area contributed by atoms with Crippen LogP contribution in [0.25, 0.3) is 0 Å². The highest BCUT2D eigenvalue weighted by molar-refractivity contribution is 7.89. The van der Waals surface area contributed by atoms with Gasteiger partial charge in [0.2, 0.25) is 15.9 Å². The summed E-state index contributed by atoms with van der Waals surface area (Å²) in [5.74, 6) is 0.655. The van der Waals surface area contributed by atoms with Crippen molar-refractivity contribution in [2.75, 3.05) is 19.6 Å². The highest BCUT2D eigenvalue weighted by Gasteiger charge is 2.19. The molecule has 1 fully saturated rings. The lowest BCUT2D eigenvalue weighted by Gasteiger charge is -2.20. The summed E-state index contributed by atoms with van der Waals surface area (Å²) in [4.78, 5) is 14.2. The third-order valence-corrected chi connectivity index (χ3v) is 5.80. The summed E-state index contributed by atoms with van der Waals surface area (Å²) in [6, 6.07) is 6.07. The molecule has 0 aromatic heterocycles. The van der Waals surface area contributed by atoms with Crippen LogP contribution in [0.3, 0.4) is 0 Å². The second-order valence-electron chi connectivity index (χ2n) is 6.02. The minimum absolute atomic E-state index is 0.00731. The number of carbonyl (C=O) groups excluding carboxylic acids is 1. The summed E-state index contributed by atoms with van der Waals surface area (Å²) in [7, 11) is -3.63. The summed E-state index contributed by atoms with van der Waals surface area (Å²) < 4.78 is 26.8. The number of sulfonamides is 1. The SMILES string of the molecule is CC1CCCN(C(=O)CCNS(=O)(=O)c2cccc(Cl)c2)CC1. The van der Waals surface area contributed by atoms with Gasteiger partial charge in [0.1, 0.15) is 0 Å². The van der Waals surface area contributed by atoms with Gasteiger partial charge in [-0.25, -0.2) is 13.1 Å². The van der Waals surface area contributed by atoms with Gasteiger partial charge in [-0.3, -0.25) is 4.79 Å². The van der Waals surface area contributed by atoms with Gasteiger partial charge in [0.05, 0.1) is 4.90 Å². The van der Waals surface area contributed by atoms with E-state index in [9.17, 15) is 13.2 Å². The third-order valence-electron chi connectivity index (χ3n) is 4.11. The van der Waals surface area contributed by atoms with Crippen molar-refractivity contribution in [3.63, 3.8) is 0 Å². The van der Waals surface area contributed by atoms with Crippen LogP contribution in [0.2, 0.25) is 5.02 Å². The molecule has 1 heterocycles. The summed E-state index contributed by atoms with van der Waals surface area (Å²) in [6.07, 6.45) is 3.35. The first kappa shape index (κ1) is 18.2. The first-order valence-electron chi connectivity index (χ1n) is 7.91. The minimum Gasteiger partial charge on any atom is -0.343 e. The van der Waals surface area contributed by atoms with E-state index >= 15 is 0 Å². The van der Waals surface area contributed by atoms with Gasteiger partial charge < -0.3 is 4.90 Å². The van der Waals surface area contributed by atoms with E-state index in [1.54, 1.807) is 12.1 Å². The molecule has 1 amide bonds. The van der Waals surface area contributed by atoms with Gasteiger partial charge in [-0.05, 0) is 43.4 Å². The predicted octanol–water partition coefficient (Wildman–Crippen LogP) is 2.66. The molecule has 1 saturated heterocycles. The zero-order valence-corrected chi connectivity index (χ0v) is 14.9. The molecule has 0 spiro atoms. The average Bonchev–Trinajstić information content (AvgIpc) is 2.72. The number of amides is 1. The Balaban J connectivity index is 1.85. The molecule has 0 saturated carbocycles. The second kappa shape index (κ2) is 8.13. The maximum absolute atomic E-state index is 12.2. The number of rotatable bonds is 5. The standard InChI is InChI=1S/C16H23ClN2O3S/c1-13-4-3-10-19(11-8-13)16(20)7-9-18-23(21,22)15-6-2-5-14(17)12-15/h2,5-6,12-13,18H,3-4,7-11H2,1H3. The normalized spacial score (nSPS) is 19.4. The Bertz CT molecular complexity index is 648. The van der Waals surface area contributed by atoms with Gasteiger partial charge in [-0.15, -0.1) is 0 Å². The van der Waals surface area contributed by atoms with Crippen LogP contribution in [0.5, 0.6) is 0 Å². The summed E-state index contributed by atoms with van der Waals surface area (Å²) in [5.41, 5.74) is 0. The van der Waals surface area contributed by atoms with Crippen LogP contribution in [0, 0.1) is 5.92 Å². The fourth-order valence-electron chi connectivity index (χ4n) is 2.68. The van der Waals surface area contributed by atoms with E-state index in [1.807, 2.05) is 4.90 Å². The number of halogens is 1. The van der Waals surface area contributed by atoms with Crippen LogP contribution in [0.15, 0.2) is 29.2 Å². The molecule has 0 bridgehead atoms. The van der Waals surface area contributed by atoms with Gasteiger partial charge in [0, 0.05) is 31.1 Å². The number of nitrogens with one attached hydrogen (secondary N) is 1. The molecule has 1 N–H and O–H groups in total. The molecule has 128 valence electrons. The summed E-state index contributed by atoms with van der Waals surface area (Å²) >= 11 is 5.81. The van der Waals surface area contributed by atoms with E-state index in [2.05, 4.69) is 11.6 Å². The average molecular weight is 359 g/mol. The van der Waals surface area contributed by atoms with Crippen molar-refractivity contribution < 1.29 is 13.2 Å². The fourth-order valence-corrected chi connectivity index (χ4v) is 4.01. The smallest absolute Gasteiger partial charge is 0.240 e. The van der Waals surface area contributed by atoms with Crippen molar-refractivity contribution in [1.82, 2.24) is 9.62 Å². The lowest BCUT2D eigenvalue weighted by Crippen LogP contribution is -2.35. The molecular formula is C16H23ClN2O3S. The van der Waals surface area contributed by atoms with E-state index in [4.69, 9.17) is 11.6 Å². The van der Waals surface area contributed by atoms with E-state index in [1.165, 1.54) is 12.1 Å². The molecule has 1 atom stereocenters. The topological polar surface area (TPSA) is 66.5 Å². The molecule has 1 unspecified atom stereocenters. The Morgan fingerprint density at radius 1 is 1.35 bits per heavy atom. The van der Waals surface area contributed by atoms with E-state index < -0.39 is 10.0 Å². The molecule has 0 aliphatic carbocycles. The molecule has 5 nitrogen and oxygen atoms in total. The fraction of sp³-hybridized carbons (Fsp3) is 0.562. The maximum Gasteiger partial charge on any atom is 0.240 e. The number of nitrogens with zero attached hydrogens (tertiary/aromatic N) is 1. The Hall–Kier alpha value is -1.11. The Kier molecular flexibility index (Phi) is 6.44. The van der Waals surface area contributed by atoms with Gasteiger partial charge in [0.15, 0.2) is 0 Å². The van der Waals surface area contributed by atoms with Crippen molar-refractivity contribution in [3.05, 3.63) is 29.3 Å². The summed E-state index contributed by atoms with van der Waals surface area (Å²) in [5, 5.41) is 0.364. The monoisotopic (exact) mass is 358 g/mol. The molecule has 1 aromatic carbocycles. The van der Waals surface area contributed by atoms with Crippen LogP contribution in [-0.2, 0) is 14.8 Å². The first-order chi connectivity index (χ1) is 10.9. The highest BCUT2D eigenvalue weighted by atomic mass is 35.5. The van der Waals surface area contributed by atoms with E-state index in [-0.39, 0.29) is 23.8 Å². The molecule has 1 aliphatic heterocycles. The zero-order valence-electron chi connectivity index (χ0n) is 13.3. The largest absolute Gasteiger partial charge is 0.343 e. The Morgan fingerprint density at radius 2 is 2.13 bits per heavy atom. The number of hydrogen-bond acceptors (Lipinski definition) is 3. The maximum atomic E-state index is 12.2. The molecule has 2 rings (SSSR count). The van der Waals surface area contributed by atoms with Crippen LogP contribution in [0.4, 0.5) is 0 Å². The summed E-state index contributed by atoms with van der Waals surface area (Å²) in [6.45, 7) is 3.83. The Morgan fingerprint density at radius 3 is 2.87 bits per heavy atom. The molecule has 1 aliphatic rings. The molecule has 1 aromatic rings. The lowest BCUT2D eigenvalue weighted by molar-refractivity contribution is -0.131. The molecular weight excluding hydrogens is 336 g/mol. The van der Waals surface area contributed by atoms with Gasteiger partial charge in [-0.2, -0.15) is 0 Å². The molecule has 0 radical (unpaired) electrons. The number of likely N-dealkylation sites (tertiary alicyclic amines) is 1. The van der Waals surface area contributed by atoms with Gasteiger partial charge in [-0.1, -0.05) is 24.6 Å².